The first-order valence-electron chi connectivity index (χ1n) is 4.54. The third-order valence-electron chi connectivity index (χ3n) is 1.82. The molecule has 0 saturated carbocycles. The van der Waals surface area contributed by atoms with Gasteiger partial charge in [-0.3, -0.25) is 0 Å². The Morgan fingerprint density at radius 3 is 2.67 bits per heavy atom. The van der Waals surface area contributed by atoms with Crippen molar-refractivity contribution in [2.45, 2.75) is 28.3 Å². The fourth-order valence-corrected chi connectivity index (χ4v) is 4.63. The molecule has 0 radical (unpaired) electrons. The second-order valence-corrected chi connectivity index (χ2v) is 7.39. The molecule has 0 aliphatic rings. The summed E-state index contributed by atoms with van der Waals surface area (Å²) in [5.74, 6) is 0.296. The van der Waals surface area contributed by atoms with E-state index in [0.717, 1.165) is 17.8 Å². The number of nitrogens with zero attached hydrogens (tertiary/aromatic N) is 1. The van der Waals surface area contributed by atoms with Crippen molar-refractivity contribution in [1.29, 1.82) is 0 Å². The van der Waals surface area contributed by atoms with Gasteiger partial charge in [-0.2, -0.15) is 0 Å². The van der Waals surface area contributed by atoms with Crippen LogP contribution in [0.1, 0.15) is 19.8 Å². The molecule has 15 heavy (non-hydrogen) atoms. The van der Waals surface area contributed by atoms with E-state index in [0.29, 0.717) is 10.8 Å². The Morgan fingerprint density at radius 2 is 2.20 bits per heavy atom. The van der Waals surface area contributed by atoms with Crippen molar-refractivity contribution in [1.82, 2.24) is 4.98 Å². The smallest absolute Gasteiger partial charge is 0.191 e. The van der Waals surface area contributed by atoms with E-state index < -0.39 is 9.84 Å². The maximum Gasteiger partial charge on any atom is 0.191 e. The molecule has 0 spiro atoms. The Labute approximate surface area is 98.2 Å². The van der Waals surface area contributed by atoms with Gasteiger partial charge in [0.15, 0.2) is 24.2 Å². The molecule has 1 rings (SSSR count). The fraction of sp³-hybridized carbons (Fsp3) is 0.625. The normalized spacial score (nSPS) is 11.9. The van der Waals surface area contributed by atoms with Crippen molar-refractivity contribution in [3.8, 4) is 0 Å². The minimum absolute atomic E-state index is 0.139. The SMILES string of the molecule is CCCCS(=O)(=O)c1sc(SC)nc1N. The summed E-state index contributed by atoms with van der Waals surface area (Å²) in [6.45, 7) is 1.96. The maximum atomic E-state index is 11.8. The lowest BCUT2D eigenvalue weighted by molar-refractivity contribution is 0.595. The first-order valence-corrected chi connectivity index (χ1v) is 8.23. The van der Waals surface area contributed by atoms with Crippen LogP contribution in [0.4, 0.5) is 5.82 Å². The van der Waals surface area contributed by atoms with E-state index in [1.807, 2.05) is 13.2 Å². The zero-order valence-electron chi connectivity index (χ0n) is 8.69. The molecule has 0 amide bonds. The molecule has 4 nitrogen and oxygen atoms in total. The molecule has 1 heterocycles. The summed E-state index contributed by atoms with van der Waals surface area (Å²) in [6, 6.07) is 0. The van der Waals surface area contributed by atoms with Crippen LogP contribution in [0.25, 0.3) is 0 Å². The highest BCUT2D eigenvalue weighted by Gasteiger charge is 2.21. The van der Waals surface area contributed by atoms with E-state index in [1.165, 1.54) is 11.8 Å². The number of nitrogen functional groups attached to an aromatic ring is 1. The molecule has 1 aromatic heterocycles. The number of anilines is 1. The van der Waals surface area contributed by atoms with E-state index in [2.05, 4.69) is 4.98 Å². The molecular formula is C8H14N2O2S3. The zero-order chi connectivity index (χ0) is 11.5. The predicted octanol–water partition coefficient (Wildman–Crippen LogP) is 2.02. The van der Waals surface area contributed by atoms with Gasteiger partial charge in [0, 0.05) is 0 Å². The third kappa shape index (κ3) is 3.09. The van der Waals surface area contributed by atoms with E-state index in [1.54, 1.807) is 0 Å². The summed E-state index contributed by atoms with van der Waals surface area (Å²) in [5.41, 5.74) is 5.58. The van der Waals surface area contributed by atoms with Gasteiger partial charge in [0.25, 0.3) is 0 Å². The Morgan fingerprint density at radius 1 is 1.53 bits per heavy atom. The molecule has 2 N–H and O–H groups in total. The first kappa shape index (κ1) is 12.8. The van der Waals surface area contributed by atoms with E-state index in [-0.39, 0.29) is 15.8 Å². The Balaban J connectivity index is 2.99. The van der Waals surface area contributed by atoms with Crippen LogP contribution in [0, 0.1) is 0 Å². The van der Waals surface area contributed by atoms with Crippen LogP contribution in [-0.4, -0.2) is 25.4 Å². The highest BCUT2D eigenvalue weighted by Crippen LogP contribution is 2.32. The van der Waals surface area contributed by atoms with E-state index in [4.69, 9.17) is 5.73 Å². The standard InChI is InChI=1S/C8H14N2O2S3/c1-3-4-5-15(11,12)7-6(9)10-8(13-2)14-7/h3-5,9H2,1-2H3. The number of thiazole rings is 1. The molecule has 1 aromatic rings. The highest BCUT2D eigenvalue weighted by atomic mass is 32.2. The molecule has 86 valence electrons. The minimum atomic E-state index is -3.22. The molecule has 0 bridgehead atoms. The first-order chi connectivity index (χ1) is 7.01. The molecular weight excluding hydrogens is 252 g/mol. The van der Waals surface area contributed by atoms with Crippen LogP contribution in [0.15, 0.2) is 8.55 Å². The lowest BCUT2D eigenvalue weighted by Crippen LogP contribution is -2.07. The molecule has 0 aromatic carbocycles. The van der Waals surface area contributed by atoms with Crippen LogP contribution >= 0.6 is 23.1 Å². The lowest BCUT2D eigenvalue weighted by atomic mass is 10.4. The van der Waals surface area contributed by atoms with Gasteiger partial charge in [0.1, 0.15) is 0 Å². The van der Waals surface area contributed by atoms with Gasteiger partial charge < -0.3 is 5.73 Å². The maximum absolute atomic E-state index is 11.8. The van der Waals surface area contributed by atoms with Crippen molar-refractivity contribution in [3.05, 3.63) is 0 Å². The predicted molar refractivity (Wildman–Crippen MR) is 65.3 cm³/mol. The number of hydrogen-bond acceptors (Lipinski definition) is 6. The van der Waals surface area contributed by atoms with Crippen LogP contribution in [0.2, 0.25) is 0 Å². The minimum Gasteiger partial charge on any atom is -0.382 e. The molecule has 0 fully saturated rings. The molecule has 7 heteroatoms. The largest absolute Gasteiger partial charge is 0.382 e. The second kappa shape index (κ2) is 5.18. The molecule has 0 aliphatic carbocycles. The molecule has 0 saturated heterocycles. The number of unbranched alkanes of at least 4 members (excludes halogenated alkanes) is 1. The Bertz CT molecular complexity index is 425. The number of sulfone groups is 1. The van der Waals surface area contributed by atoms with Crippen molar-refractivity contribution >= 4 is 38.8 Å². The zero-order valence-corrected chi connectivity index (χ0v) is 11.1. The monoisotopic (exact) mass is 266 g/mol. The third-order valence-corrected chi connectivity index (χ3v) is 6.29. The summed E-state index contributed by atoms with van der Waals surface area (Å²) in [7, 11) is -3.22. The van der Waals surface area contributed by atoms with Gasteiger partial charge in [-0.05, 0) is 12.7 Å². The van der Waals surface area contributed by atoms with Crippen molar-refractivity contribution in [3.63, 3.8) is 0 Å². The van der Waals surface area contributed by atoms with Gasteiger partial charge in [-0.25, -0.2) is 13.4 Å². The molecule has 0 atom stereocenters. The topological polar surface area (TPSA) is 73.0 Å². The number of thioether (sulfide) groups is 1. The van der Waals surface area contributed by atoms with Gasteiger partial charge in [0.05, 0.1) is 5.75 Å². The van der Waals surface area contributed by atoms with Crippen molar-refractivity contribution in [2.24, 2.45) is 0 Å². The van der Waals surface area contributed by atoms with E-state index in [9.17, 15) is 8.42 Å². The number of rotatable bonds is 5. The number of nitrogens with two attached hydrogens (primary N) is 1. The molecule has 0 unspecified atom stereocenters. The van der Waals surface area contributed by atoms with Crippen LogP contribution in [0.3, 0.4) is 0 Å². The van der Waals surface area contributed by atoms with Gasteiger partial charge in [-0.15, -0.1) is 0 Å². The van der Waals surface area contributed by atoms with Crippen LogP contribution in [-0.2, 0) is 9.84 Å². The van der Waals surface area contributed by atoms with E-state index >= 15 is 0 Å². The summed E-state index contributed by atoms with van der Waals surface area (Å²) in [4.78, 5) is 3.98. The average molecular weight is 266 g/mol. The van der Waals surface area contributed by atoms with Crippen molar-refractivity contribution < 1.29 is 8.42 Å². The van der Waals surface area contributed by atoms with Crippen LogP contribution in [0.5, 0.6) is 0 Å². The number of hydrogen-bond donors (Lipinski definition) is 1. The molecule has 0 aliphatic heterocycles. The summed E-state index contributed by atoms with van der Waals surface area (Å²) in [6.07, 6.45) is 3.36. The summed E-state index contributed by atoms with van der Waals surface area (Å²) >= 11 is 2.56. The van der Waals surface area contributed by atoms with Gasteiger partial charge >= 0.3 is 0 Å². The lowest BCUT2D eigenvalue weighted by Gasteiger charge is -1.99. The fourth-order valence-electron chi connectivity index (χ4n) is 1.04. The second-order valence-electron chi connectivity index (χ2n) is 3.03. The Kier molecular flexibility index (Phi) is 4.42. The highest BCUT2D eigenvalue weighted by molar-refractivity contribution is 8.01. The van der Waals surface area contributed by atoms with Gasteiger partial charge in [0.2, 0.25) is 0 Å². The Hall–Kier alpha value is -0.270. The number of aromatic nitrogens is 1. The van der Waals surface area contributed by atoms with Crippen LogP contribution < -0.4 is 5.73 Å². The summed E-state index contributed by atoms with van der Waals surface area (Å²) < 4.78 is 24.6. The summed E-state index contributed by atoms with van der Waals surface area (Å²) in [5, 5.41) is 0. The van der Waals surface area contributed by atoms with Crippen molar-refractivity contribution in [2.75, 3.05) is 17.7 Å². The quantitative estimate of drug-likeness (QED) is 0.825. The average Bonchev–Trinajstić information content (AvgIpc) is 2.57. The van der Waals surface area contributed by atoms with Gasteiger partial charge in [-0.1, -0.05) is 36.4 Å².